The van der Waals surface area contributed by atoms with Crippen LogP contribution in [0.15, 0.2) is 28.7 Å². The van der Waals surface area contributed by atoms with E-state index in [2.05, 4.69) is 66.3 Å². The molecule has 1 aromatic carbocycles. The summed E-state index contributed by atoms with van der Waals surface area (Å²) in [6.07, 6.45) is 3.67. The van der Waals surface area contributed by atoms with Gasteiger partial charge in [-0.1, -0.05) is 48.8 Å². The minimum atomic E-state index is 0.495. The van der Waals surface area contributed by atoms with Gasteiger partial charge in [0.25, 0.3) is 0 Å². The van der Waals surface area contributed by atoms with Gasteiger partial charge in [-0.2, -0.15) is 0 Å². The Morgan fingerprint density at radius 2 is 2.00 bits per heavy atom. The van der Waals surface area contributed by atoms with E-state index in [9.17, 15) is 0 Å². The highest BCUT2D eigenvalue weighted by atomic mass is 79.9. The Hall–Kier alpha value is -0.340. The van der Waals surface area contributed by atoms with Crippen molar-refractivity contribution < 1.29 is 0 Å². The molecule has 0 aliphatic heterocycles. The molecule has 96 valence electrons. The van der Waals surface area contributed by atoms with Gasteiger partial charge in [0.1, 0.15) is 0 Å². The lowest BCUT2D eigenvalue weighted by molar-refractivity contribution is 0.440. The van der Waals surface area contributed by atoms with Crippen molar-refractivity contribution in [2.24, 2.45) is 5.92 Å². The van der Waals surface area contributed by atoms with Gasteiger partial charge in [0.2, 0.25) is 0 Å². The highest BCUT2D eigenvalue weighted by Gasteiger charge is 2.11. The second kappa shape index (κ2) is 7.88. The highest BCUT2D eigenvalue weighted by molar-refractivity contribution is 9.10. The molecular weight excluding hydrogens is 274 g/mol. The van der Waals surface area contributed by atoms with Gasteiger partial charge < -0.3 is 5.32 Å². The van der Waals surface area contributed by atoms with E-state index in [-0.39, 0.29) is 0 Å². The Morgan fingerprint density at radius 1 is 1.24 bits per heavy atom. The summed E-state index contributed by atoms with van der Waals surface area (Å²) in [5.74, 6) is 0.771. The Balaban J connectivity index is 2.67. The van der Waals surface area contributed by atoms with Crippen LogP contribution in [0.3, 0.4) is 0 Å². The predicted molar refractivity (Wildman–Crippen MR) is 79.2 cm³/mol. The first-order valence-corrected chi connectivity index (χ1v) is 7.41. The van der Waals surface area contributed by atoms with Crippen molar-refractivity contribution in [2.45, 2.75) is 46.1 Å². The van der Waals surface area contributed by atoms with Gasteiger partial charge in [0.05, 0.1) is 0 Å². The number of rotatable bonds is 7. The predicted octanol–water partition coefficient (Wildman–Crippen LogP) is 4.93. The number of nitrogens with one attached hydrogen (secondary N) is 1. The van der Waals surface area contributed by atoms with Crippen molar-refractivity contribution in [3.05, 3.63) is 34.3 Å². The summed E-state index contributed by atoms with van der Waals surface area (Å²) in [5.41, 5.74) is 1.40. The van der Waals surface area contributed by atoms with E-state index < -0.39 is 0 Å². The monoisotopic (exact) mass is 297 g/mol. The van der Waals surface area contributed by atoms with Crippen molar-refractivity contribution in [1.29, 1.82) is 0 Å². The molecule has 0 aliphatic rings. The van der Waals surface area contributed by atoms with E-state index in [4.69, 9.17) is 0 Å². The number of hydrogen-bond donors (Lipinski definition) is 1. The van der Waals surface area contributed by atoms with E-state index in [1.165, 1.54) is 29.3 Å². The second-order valence-electron chi connectivity index (χ2n) is 5.03. The number of hydrogen-bond acceptors (Lipinski definition) is 1. The highest BCUT2D eigenvalue weighted by Crippen LogP contribution is 2.23. The first kappa shape index (κ1) is 14.7. The lowest BCUT2D eigenvalue weighted by atomic mass is 9.97. The van der Waals surface area contributed by atoms with Crippen LogP contribution >= 0.6 is 15.9 Å². The first-order chi connectivity index (χ1) is 8.13. The topological polar surface area (TPSA) is 12.0 Å². The van der Waals surface area contributed by atoms with Crippen LogP contribution in [0.5, 0.6) is 0 Å². The summed E-state index contributed by atoms with van der Waals surface area (Å²) in [4.78, 5) is 0. The summed E-state index contributed by atoms with van der Waals surface area (Å²) in [6.45, 7) is 7.89. The molecule has 1 N–H and O–H groups in total. The fraction of sp³-hybridized carbons (Fsp3) is 0.600. The molecule has 0 amide bonds. The Morgan fingerprint density at radius 3 is 2.59 bits per heavy atom. The Labute approximate surface area is 114 Å². The quantitative estimate of drug-likeness (QED) is 0.753. The first-order valence-electron chi connectivity index (χ1n) is 6.62. The molecule has 1 nitrogen and oxygen atoms in total. The van der Waals surface area contributed by atoms with Crippen molar-refractivity contribution in [3.63, 3.8) is 0 Å². The molecule has 0 saturated heterocycles. The molecule has 1 aromatic rings. The van der Waals surface area contributed by atoms with Crippen LogP contribution in [0.4, 0.5) is 0 Å². The van der Waals surface area contributed by atoms with E-state index in [0.717, 1.165) is 12.5 Å². The van der Waals surface area contributed by atoms with Crippen LogP contribution < -0.4 is 5.32 Å². The molecule has 0 spiro atoms. The van der Waals surface area contributed by atoms with Gasteiger partial charge in [0, 0.05) is 10.5 Å². The molecule has 0 bridgehead atoms. The normalized spacial score (nSPS) is 13.0. The molecule has 0 radical (unpaired) electrons. The van der Waals surface area contributed by atoms with Crippen LogP contribution in [0.1, 0.15) is 51.6 Å². The lowest BCUT2D eigenvalue weighted by Crippen LogP contribution is -2.22. The molecule has 1 atom stereocenters. The van der Waals surface area contributed by atoms with Gasteiger partial charge in [0.15, 0.2) is 0 Å². The summed E-state index contributed by atoms with van der Waals surface area (Å²) in [6, 6.07) is 9.15. The maximum absolute atomic E-state index is 3.65. The summed E-state index contributed by atoms with van der Waals surface area (Å²) in [7, 11) is 0. The number of benzene rings is 1. The van der Waals surface area contributed by atoms with Gasteiger partial charge in [-0.05, 0) is 49.4 Å². The molecular formula is C15H24BrN. The van der Waals surface area contributed by atoms with Crippen LogP contribution in [0, 0.1) is 5.92 Å². The zero-order chi connectivity index (χ0) is 12.7. The fourth-order valence-electron chi connectivity index (χ4n) is 1.93. The SMILES string of the molecule is CCCNC(CCC(C)C)c1cccc(Br)c1. The fourth-order valence-corrected chi connectivity index (χ4v) is 2.35. The zero-order valence-corrected chi connectivity index (χ0v) is 12.8. The van der Waals surface area contributed by atoms with E-state index in [1.54, 1.807) is 0 Å². The third-order valence-corrected chi connectivity index (χ3v) is 3.42. The van der Waals surface area contributed by atoms with Gasteiger partial charge in [-0.3, -0.25) is 0 Å². The van der Waals surface area contributed by atoms with Crippen molar-refractivity contribution in [1.82, 2.24) is 5.32 Å². The third-order valence-electron chi connectivity index (χ3n) is 2.92. The minimum absolute atomic E-state index is 0.495. The van der Waals surface area contributed by atoms with Gasteiger partial charge in [-0.25, -0.2) is 0 Å². The van der Waals surface area contributed by atoms with Gasteiger partial charge >= 0.3 is 0 Å². The van der Waals surface area contributed by atoms with E-state index in [1.807, 2.05) is 0 Å². The maximum Gasteiger partial charge on any atom is 0.0320 e. The standard InChI is InChI=1S/C15H24BrN/c1-4-10-17-15(9-8-12(2)3)13-6-5-7-14(16)11-13/h5-7,11-12,15,17H,4,8-10H2,1-3H3. The minimum Gasteiger partial charge on any atom is -0.310 e. The Bertz CT molecular complexity index is 322. The Kier molecular flexibility index (Phi) is 6.83. The van der Waals surface area contributed by atoms with Crippen molar-refractivity contribution >= 4 is 15.9 Å². The molecule has 17 heavy (non-hydrogen) atoms. The molecule has 0 saturated carbocycles. The molecule has 1 rings (SSSR count). The summed E-state index contributed by atoms with van der Waals surface area (Å²) >= 11 is 3.55. The summed E-state index contributed by atoms with van der Waals surface area (Å²) in [5, 5.41) is 3.65. The molecule has 0 heterocycles. The third kappa shape index (κ3) is 5.69. The van der Waals surface area contributed by atoms with Crippen LogP contribution in [0.2, 0.25) is 0 Å². The molecule has 1 unspecified atom stereocenters. The van der Waals surface area contributed by atoms with Crippen LogP contribution in [-0.2, 0) is 0 Å². The molecule has 0 fully saturated rings. The van der Waals surface area contributed by atoms with Crippen molar-refractivity contribution in [3.8, 4) is 0 Å². The van der Waals surface area contributed by atoms with Crippen molar-refractivity contribution in [2.75, 3.05) is 6.54 Å². The zero-order valence-electron chi connectivity index (χ0n) is 11.2. The average molecular weight is 298 g/mol. The lowest BCUT2D eigenvalue weighted by Gasteiger charge is -2.20. The van der Waals surface area contributed by atoms with E-state index >= 15 is 0 Å². The summed E-state index contributed by atoms with van der Waals surface area (Å²) < 4.78 is 1.17. The van der Waals surface area contributed by atoms with Crippen LogP contribution in [0.25, 0.3) is 0 Å². The van der Waals surface area contributed by atoms with Gasteiger partial charge in [-0.15, -0.1) is 0 Å². The maximum atomic E-state index is 3.65. The molecule has 0 aliphatic carbocycles. The van der Waals surface area contributed by atoms with E-state index in [0.29, 0.717) is 6.04 Å². The second-order valence-corrected chi connectivity index (χ2v) is 5.95. The average Bonchev–Trinajstić information content (AvgIpc) is 2.29. The largest absolute Gasteiger partial charge is 0.310 e. The smallest absolute Gasteiger partial charge is 0.0320 e. The number of halogens is 1. The molecule has 2 heteroatoms. The molecule has 0 aromatic heterocycles. The van der Waals surface area contributed by atoms with Crippen LogP contribution in [-0.4, -0.2) is 6.54 Å².